The molecule has 0 spiro atoms. The Kier molecular flexibility index (Phi) is 4.58. The molecule has 0 atom stereocenters. The van der Waals surface area contributed by atoms with E-state index >= 15 is 0 Å². The van der Waals surface area contributed by atoms with Gasteiger partial charge < -0.3 is 5.73 Å². The molecule has 0 aliphatic carbocycles. The molecule has 0 amide bonds. The summed E-state index contributed by atoms with van der Waals surface area (Å²) in [6.07, 6.45) is 0. The largest absolute Gasteiger partial charge is 0.325 e. The normalized spacial score (nSPS) is 10.6. The predicted molar refractivity (Wildman–Crippen MR) is 75.7 cm³/mol. The minimum Gasteiger partial charge on any atom is -0.325 e. The van der Waals surface area contributed by atoms with Gasteiger partial charge in [-0.1, -0.05) is 35.5 Å². The van der Waals surface area contributed by atoms with Crippen LogP contribution in [0, 0.1) is 6.92 Å². The van der Waals surface area contributed by atoms with E-state index in [2.05, 4.69) is 9.97 Å². The fourth-order valence-corrected chi connectivity index (χ4v) is 2.51. The van der Waals surface area contributed by atoms with Gasteiger partial charge in [0.2, 0.25) is 0 Å². The molecular weight excluding hydrogens is 266 g/mol. The van der Waals surface area contributed by atoms with Gasteiger partial charge in [0.25, 0.3) is 0 Å². The lowest BCUT2D eigenvalue weighted by molar-refractivity contribution is 0.854. The first-order valence-corrected chi connectivity index (χ1v) is 6.95. The number of nitrogens with two attached hydrogens (primary N) is 1. The highest BCUT2D eigenvalue weighted by Gasteiger charge is 2.03. The third-order valence-corrected chi connectivity index (χ3v) is 3.55. The fourth-order valence-electron chi connectivity index (χ4n) is 1.50. The molecule has 0 aliphatic heterocycles. The van der Waals surface area contributed by atoms with Gasteiger partial charge in [0.15, 0.2) is 5.16 Å². The number of hydrogen-bond donors (Lipinski definition) is 1. The van der Waals surface area contributed by atoms with E-state index in [1.165, 1.54) is 5.56 Å². The molecule has 1 aromatic carbocycles. The highest BCUT2D eigenvalue weighted by atomic mass is 35.5. The Morgan fingerprint density at radius 2 is 1.94 bits per heavy atom. The summed E-state index contributed by atoms with van der Waals surface area (Å²) in [5.41, 5.74) is 8.62. The van der Waals surface area contributed by atoms with Crippen LogP contribution in [0.3, 0.4) is 0 Å². The van der Waals surface area contributed by atoms with Gasteiger partial charge in [-0.2, -0.15) is 0 Å². The van der Waals surface area contributed by atoms with Crippen LogP contribution in [0.15, 0.2) is 35.5 Å². The molecule has 2 aromatic rings. The van der Waals surface area contributed by atoms with Crippen molar-refractivity contribution in [3.05, 3.63) is 52.3 Å². The van der Waals surface area contributed by atoms with E-state index in [1.807, 2.05) is 37.3 Å². The minimum absolute atomic E-state index is 0.442. The van der Waals surface area contributed by atoms with E-state index in [9.17, 15) is 0 Å². The zero-order chi connectivity index (χ0) is 13.0. The van der Waals surface area contributed by atoms with Gasteiger partial charge in [-0.25, -0.2) is 9.97 Å². The van der Waals surface area contributed by atoms with Crippen molar-refractivity contribution in [3.63, 3.8) is 0 Å². The lowest BCUT2D eigenvalue weighted by Gasteiger charge is -2.04. The monoisotopic (exact) mass is 279 g/mol. The van der Waals surface area contributed by atoms with Crippen LogP contribution in [0.5, 0.6) is 0 Å². The average Bonchev–Trinajstić information content (AvgIpc) is 2.37. The van der Waals surface area contributed by atoms with Crippen LogP contribution in [0.1, 0.15) is 17.0 Å². The van der Waals surface area contributed by atoms with Crippen LogP contribution in [0.25, 0.3) is 0 Å². The summed E-state index contributed by atoms with van der Waals surface area (Å²) in [7, 11) is 0. The van der Waals surface area contributed by atoms with E-state index in [-0.39, 0.29) is 0 Å². The molecule has 0 unspecified atom stereocenters. The molecule has 0 radical (unpaired) electrons. The lowest BCUT2D eigenvalue weighted by atomic mass is 10.2. The molecule has 0 bridgehead atoms. The second kappa shape index (κ2) is 6.18. The number of nitrogens with zero attached hydrogens (tertiary/aromatic N) is 2. The van der Waals surface area contributed by atoms with Gasteiger partial charge in [0.05, 0.1) is 5.69 Å². The first-order valence-electron chi connectivity index (χ1n) is 5.59. The number of thioether (sulfide) groups is 1. The molecule has 5 heteroatoms. The number of halogens is 1. The van der Waals surface area contributed by atoms with Crippen molar-refractivity contribution in [2.45, 2.75) is 24.4 Å². The number of hydrogen-bond acceptors (Lipinski definition) is 4. The summed E-state index contributed by atoms with van der Waals surface area (Å²) >= 11 is 7.45. The van der Waals surface area contributed by atoms with Crippen LogP contribution < -0.4 is 5.73 Å². The molecule has 0 saturated carbocycles. The molecule has 2 rings (SSSR count). The van der Waals surface area contributed by atoms with E-state index in [0.29, 0.717) is 6.54 Å². The van der Waals surface area contributed by atoms with Crippen LogP contribution in [0.4, 0.5) is 0 Å². The molecule has 0 fully saturated rings. The zero-order valence-electron chi connectivity index (χ0n) is 10.1. The molecular formula is C13H14ClN3S. The summed E-state index contributed by atoms with van der Waals surface area (Å²) in [5.74, 6) is 0.824. The summed E-state index contributed by atoms with van der Waals surface area (Å²) in [6.45, 7) is 2.39. The lowest BCUT2D eigenvalue weighted by Crippen LogP contribution is -2.02. The van der Waals surface area contributed by atoms with Gasteiger partial charge in [0.1, 0.15) is 0 Å². The van der Waals surface area contributed by atoms with E-state index in [0.717, 1.165) is 27.3 Å². The van der Waals surface area contributed by atoms with Crippen LogP contribution in [-0.4, -0.2) is 9.97 Å². The second-order valence-electron chi connectivity index (χ2n) is 3.90. The topological polar surface area (TPSA) is 51.8 Å². The standard InChI is InChI=1S/C13H14ClN3S/c1-9-6-12(7-15)17-13(16-9)18-8-10-2-4-11(14)5-3-10/h2-6H,7-8,15H2,1H3. The van der Waals surface area contributed by atoms with Crippen molar-refractivity contribution in [2.24, 2.45) is 5.73 Å². The van der Waals surface area contributed by atoms with Gasteiger partial charge >= 0.3 is 0 Å². The van der Waals surface area contributed by atoms with Crippen LogP contribution in [0.2, 0.25) is 5.02 Å². The molecule has 2 N–H and O–H groups in total. The highest BCUT2D eigenvalue weighted by Crippen LogP contribution is 2.21. The number of benzene rings is 1. The average molecular weight is 280 g/mol. The summed E-state index contributed by atoms with van der Waals surface area (Å²) in [6, 6.07) is 9.70. The van der Waals surface area contributed by atoms with Crippen molar-refractivity contribution in [1.29, 1.82) is 0 Å². The van der Waals surface area contributed by atoms with E-state index in [1.54, 1.807) is 11.8 Å². The van der Waals surface area contributed by atoms with Crippen molar-refractivity contribution in [2.75, 3.05) is 0 Å². The first kappa shape index (κ1) is 13.3. The maximum Gasteiger partial charge on any atom is 0.188 e. The predicted octanol–water partition coefficient (Wildman–Crippen LogP) is 3.19. The smallest absolute Gasteiger partial charge is 0.188 e. The van der Waals surface area contributed by atoms with Crippen molar-refractivity contribution in [1.82, 2.24) is 9.97 Å². The van der Waals surface area contributed by atoms with Gasteiger partial charge in [-0.05, 0) is 30.7 Å². The summed E-state index contributed by atoms with van der Waals surface area (Å²) in [4.78, 5) is 8.77. The Morgan fingerprint density at radius 3 is 2.61 bits per heavy atom. The van der Waals surface area contributed by atoms with Crippen LogP contribution in [-0.2, 0) is 12.3 Å². The second-order valence-corrected chi connectivity index (χ2v) is 5.28. The van der Waals surface area contributed by atoms with Crippen molar-refractivity contribution < 1.29 is 0 Å². The Morgan fingerprint density at radius 1 is 1.22 bits per heavy atom. The van der Waals surface area contributed by atoms with Gasteiger partial charge in [0, 0.05) is 23.0 Å². The van der Waals surface area contributed by atoms with Crippen LogP contribution >= 0.6 is 23.4 Å². The number of aromatic nitrogens is 2. The Balaban J connectivity index is 2.05. The number of rotatable bonds is 4. The van der Waals surface area contributed by atoms with Crippen molar-refractivity contribution in [3.8, 4) is 0 Å². The molecule has 1 aromatic heterocycles. The summed E-state index contributed by atoms with van der Waals surface area (Å²) in [5, 5.41) is 1.52. The maximum atomic E-state index is 5.84. The molecule has 1 heterocycles. The third kappa shape index (κ3) is 3.70. The van der Waals surface area contributed by atoms with E-state index < -0.39 is 0 Å². The molecule has 18 heavy (non-hydrogen) atoms. The highest BCUT2D eigenvalue weighted by molar-refractivity contribution is 7.98. The fraction of sp³-hybridized carbons (Fsp3) is 0.231. The number of aryl methyl sites for hydroxylation is 1. The Hall–Kier alpha value is -1.10. The summed E-state index contributed by atoms with van der Waals surface area (Å²) < 4.78 is 0. The Bertz CT molecular complexity index is 528. The first-order chi connectivity index (χ1) is 8.67. The molecule has 94 valence electrons. The van der Waals surface area contributed by atoms with Gasteiger partial charge in [-0.15, -0.1) is 0 Å². The van der Waals surface area contributed by atoms with Crippen molar-refractivity contribution >= 4 is 23.4 Å². The SMILES string of the molecule is Cc1cc(CN)nc(SCc2ccc(Cl)cc2)n1. The van der Waals surface area contributed by atoms with Gasteiger partial charge in [-0.3, -0.25) is 0 Å². The minimum atomic E-state index is 0.442. The Labute approximate surface area is 116 Å². The zero-order valence-corrected chi connectivity index (χ0v) is 11.6. The third-order valence-electron chi connectivity index (χ3n) is 2.38. The quantitative estimate of drug-likeness (QED) is 0.690. The van der Waals surface area contributed by atoms with E-state index in [4.69, 9.17) is 17.3 Å². The molecule has 0 aliphatic rings. The molecule has 3 nitrogen and oxygen atoms in total. The molecule has 0 saturated heterocycles. The maximum absolute atomic E-state index is 5.84.